The molecule has 0 bridgehead atoms. The summed E-state index contributed by atoms with van der Waals surface area (Å²) in [6.07, 6.45) is 1.78. The number of anilines is 1. The van der Waals surface area contributed by atoms with Crippen molar-refractivity contribution in [3.63, 3.8) is 0 Å². The van der Waals surface area contributed by atoms with Crippen molar-refractivity contribution in [1.29, 1.82) is 0 Å². The fourth-order valence-electron chi connectivity index (χ4n) is 4.12. The highest BCUT2D eigenvalue weighted by atomic mass is 16.5. The number of allylic oxidation sites excluding steroid dienone is 1. The molecule has 1 aliphatic heterocycles. The maximum atomic E-state index is 13.6. The van der Waals surface area contributed by atoms with Gasteiger partial charge in [0.2, 0.25) is 0 Å². The van der Waals surface area contributed by atoms with Gasteiger partial charge >= 0.3 is 0 Å². The summed E-state index contributed by atoms with van der Waals surface area (Å²) < 4.78 is 12.8. The van der Waals surface area contributed by atoms with Crippen molar-refractivity contribution >= 4 is 28.1 Å². The van der Waals surface area contributed by atoms with Crippen LogP contribution in [0.5, 0.6) is 11.5 Å². The molecule has 0 spiro atoms. The van der Waals surface area contributed by atoms with Gasteiger partial charge in [0.25, 0.3) is 0 Å². The number of carbonyl (C=O) groups excluding carboxylic acids is 1. The van der Waals surface area contributed by atoms with Crippen molar-refractivity contribution in [2.75, 3.05) is 19.1 Å². The lowest BCUT2D eigenvalue weighted by Gasteiger charge is -2.33. The number of rotatable bonds is 6. The Labute approximate surface area is 181 Å². The van der Waals surface area contributed by atoms with Crippen LogP contribution in [0.4, 0.5) is 5.69 Å². The van der Waals surface area contributed by atoms with Gasteiger partial charge in [-0.25, -0.2) is 4.98 Å². The first-order valence-corrected chi connectivity index (χ1v) is 9.97. The van der Waals surface area contributed by atoms with E-state index in [-0.39, 0.29) is 5.78 Å². The van der Waals surface area contributed by atoms with Gasteiger partial charge in [0.1, 0.15) is 34.3 Å². The molecule has 2 N–H and O–H groups in total. The van der Waals surface area contributed by atoms with E-state index in [2.05, 4.69) is 6.58 Å². The van der Waals surface area contributed by atoms with Gasteiger partial charge in [-0.1, -0.05) is 18.2 Å². The van der Waals surface area contributed by atoms with Crippen molar-refractivity contribution in [3.8, 4) is 11.5 Å². The van der Waals surface area contributed by atoms with Crippen LogP contribution in [0.25, 0.3) is 16.6 Å². The maximum Gasteiger partial charge on any atom is 0.195 e. The third-order valence-electron chi connectivity index (χ3n) is 5.62. The number of hydrogen-bond acceptors (Lipinski definition) is 6. The lowest BCUT2D eigenvalue weighted by molar-refractivity contribution is -0.116. The molecule has 0 aliphatic carbocycles. The molecule has 7 nitrogen and oxygen atoms in total. The van der Waals surface area contributed by atoms with Crippen LogP contribution in [0.2, 0.25) is 0 Å². The summed E-state index contributed by atoms with van der Waals surface area (Å²) in [6, 6.07) is 13.2. The highest BCUT2D eigenvalue weighted by molar-refractivity contribution is 6.29. The lowest BCUT2D eigenvalue weighted by Crippen LogP contribution is -2.45. The number of ether oxygens (including phenoxy) is 2. The highest BCUT2D eigenvalue weighted by Gasteiger charge is 2.48. The van der Waals surface area contributed by atoms with Crippen molar-refractivity contribution in [3.05, 3.63) is 66.8 Å². The van der Waals surface area contributed by atoms with E-state index in [0.29, 0.717) is 40.9 Å². The van der Waals surface area contributed by atoms with E-state index >= 15 is 0 Å². The van der Waals surface area contributed by atoms with Crippen molar-refractivity contribution in [1.82, 2.24) is 9.55 Å². The van der Waals surface area contributed by atoms with Gasteiger partial charge < -0.3 is 24.7 Å². The highest BCUT2D eigenvalue weighted by Crippen LogP contribution is 2.42. The lowest BCUT2D eigenvalue weighted by atomic mass is 9.95. The number of ketones is 1. The molecule has 0 saturated heterocycles. The Hall–Kier alpha value is -3.74. The van der Waals surface area contributed by atoms with E-state index in [4.69, 9.17) is 20.2 Å². The Bertz CT molecular complexity index is 1200. The molecule has 4 rings (SSSR count). The molecule has 7 heteroatoms. The first-order chi connectivity index (χ1) is 14.8. The molecule has 1 aromatic heterocycles. The number of nitrogens with zero attached hydrogens (tertiary/aromatic N) is 3. The number of hydrogen-bond donors (Lipinski definition) is 1. The van der Waals surface area contributed by atoms with Crippen molar-refractivity contribution < 1.29 is 14.3 Å². The standard InChI is InChI=1S/C24H26N4O3/c1-6-11-27-19-10-8-7-9-18(19)26-23(27)20-21(29)24(2,3)28(22(20)25)15-12-16(30-4)14-17(13-15)31-5/h6-10,12-14H,1,11,25H2,2-5H3. The smallest absolute Gasteiger partial charge is 0.195 e. The molecule has 160 valence electrons. The second kappa shape index (κ2) is 7.50. The minimum absolute atomic E-state index is 0.104. The van der Waals surface area contributed by atoms with Crippen LogP contribution < -0.4 is 20.1 Å². The normalized spacial score (nSPS) is 15.6. The third-order valence-corrected chi connectivity index (χ3v) is 5.62. The fraction of sp³-hybridized carbons (Fsp3) is 0.250. The number of para-hydroxylation sites is 2. The van der Waals surface area contributed by atoms with Crippen molar-refractivity contribution in [2.24, 2.45) is 5.73 Å². The molecule has 0 radical (unpaired) electrons. The molecule has 1 aliphatic rings. The summed E-state index contributed by atoms with van der Waals surface area (Å²) in [6.45, 7) is 8.06. The second-order valence-electron chi connectivity index (χ2n) is 7.88. The molecule has 2 heterocycles. The summed E-state index contributed by atoms with van der Waals surface area (Å²) in [7, 11) is 3.17. The van der Waals surface area contributed by atoms with Gasteiger partial charge in [0.05, 0.1) is 30.9 Å². The minimum atomic E-state index is -0.923. The van der Waals surface area contributed by atoms with Crippen LogP contribution >= 0.6 is 0 Å². The molecule has 0 saturated carbocycles. The molecule has 0 amide bonds. The number of nitrogens with two attached hydrogens (primary N) is 1. The number of fused-ring (bicyclic) bond motifs is 1. The van der Waals surface area contributed by atoms with Gasteiger partial charge in [-0.2, -0.15) is 0 Å². The summed E-state index contributed by atoms with van der Waals surface area (Å²) in [5.41, 5.74) is 8.54. The first kappa shape index (κ1) is 20.5. The Morgan fingerprint density at radius 2 is 1.77 bits per heavy atom. The van der Waals surface area contributed by atoms with E-state index in [1.54, 1.807) is 26.4 Å². The van der Waals surface area contributed by atoms with E-state index in [1.165, 1.54) is 0 Å². The summed E-state index contributed by atoms with van der Waals surface area (Å²) in [5, 5.41) is 0. The zero-order valence-corrected chi connectivity index (χ0v) is 18.2. The summed E-state index contributed by atoms with van der Waals surface area (Å²) in [5.74, 6) is 1.99. The number of carbonyl (C=O) groups is 1. The van der Waals surface area contributed by atoms with Crippen LogP contribution in [0.3, 0.4) is 0 Å². The Kier molecular flexibility index (Phi) is 4.97. The predicted octanol–water partition coefficient (Wildman–Crippen LogP) is 3.73. The number of methoxy groups -OCH3 is 2. The molecule has 3 aromatic rings. The number of imidazole rings is 1. The average molecular weight is 418 g/mol. The molecule has 2 aromatic carbocycles. The Morgan fingerprint density at radius 1 is 1.13 bits per heavy atom. The second-order valence-corrected chi connectivity index (χ2v) is 7.88. The van der Waals surface area contributed by atoms with Gasteiger partial charge in [0, 0.05) is 24.7 Å². The van der Waals surface area contributed by atoms with Gasteiger partial charge in [-0.05, 0) is 26.0 Å². The van der Waals surface area contributed by atoms with E-state index in [0.717, 1.165) is 11.0 Å². The topological polar surface area (TPSA) is 82.6 Å². The predicted molar refractivity (Wildman–Crippen MR) is 122 cm³/mol. The van der Waals surface area contributed by atoms with Crippen molar-refractivity contribution in [2.45, 2.75) is 25.9 Å². The van der Waals surface area contributed by atoms with E-state index < -0.39 is 5.54 Å². The van der Waals surface area contributed by atoms with Gasteiger partial charge in [-0.3, -0.25) is 4.79 Å². The Balaban J connectivity index is 1.95. The van der Waals surface area contributed by atoms with Crippen LogP contribution in [0.1, 0.15) is 19.7 Å². The average Bonchev–Trinajstić information content (AvgIpc) is 3.19. The zero-order valence-electron chi connectivity index (χ0n) is 18.2. The third kappa shape index (κ3) is 3.13. The summed E-state index contributed by atoms with van der Waals surface area (Å²) in [4.78, 5) is 20.2. The monoisotopic (exact) mass is 418 g/mol. The SMILES string of the molecule is C=CCn1c(C2=C(N)N(c3cc(OC)cc(OC)c3)C(C)(C)C2=O)nc2ccccc21. The molecular formula is C24H26N4O3. The molecular weight excluding hydrogens is 392 g/mol. The van der Waals surface area contributed by atoms with Gasteiger partial charge in [-0.15, -0.1) is 6.58 Å². The largest absolute Gasteiger partial charge is 0.497 e. The molecule has 0 unspecified atom stereocenters. The van der Waals surface area contributed by atoms with Crippen LogP contribution in [0, 0.1) is 0 Å². The number of benzene rings is 2. The fourth-order valence-corrected chi connectivity index (χ4v) is 4.12. The molecule has 31 heavy (non-hydrogen) atoms. The molecule has 0 atom stereocenters. The minimum Gasteiger partial charge on any atom is -0.497 e. The van der Waals surface area contributed by atoms with Crippen LogP contribution in [-0.4, -0.2) is 35.1 Å². The first-order valence-electron chi connectivity index (χ1n) is 9.97. The summed E-state index contributed by atoms with van der Waals surface area (Å²) >= 11 is 0. The maximum absolute atomic E-state index is 13.6. The van der Waals surface area contributed by atoms with Gasteiger partial charge in [0.15, 0.2) is 5.78 Å². The van der Waals surface area contributed by atoms with Crippen LogP contribution in [0.15, 0.2) is 60.9 Å². The molecule has 0 fully saturated rings. The van der Waals surface area contributed by atoms with E-state index in [9.17, 15) is 4.79 Å². The van der Waals surface area contributed by atoms with E-state index in [1.807, 2.05) is 59.7 Å². The number of Topliss-reactive ketones (excluding diaryl/α,β-unsaturated/α-hetero) is 1. The number of aromatic nitrogens is 2. The zero-order chi connectivity index (χ0) is 22.3. The van der Waals surface area contributed by atoms with Crippen LogP contribution in [-0.2, 0) is 11.3 Å². The quantitative estimate of drug-likeness (QED) is 0.614. The Morgan fingerprint density at radius 3 is 2.39 bits per heavy atom.